The summed E-state index contributed by atoms with van der Waals surface area (Å²) in [6, 6.07) is 7.82. The van der Waals surface area contributed by atoms with Crippen LogP contribution >= 0.6 is 0 Å². The highest BCUT2D eigenvalue weighted by Crippen LogP contribution is 2.22. The number of benzene rings is 1. The Labute approximate surface area is 107 Å². The summed E-state index contributed by atoms with van der Waals surface area (Å²) in [5, 5.41) is 1.52. The molecule has 0 bridgehead atoms. The van der Waals surface area contributed by atoms with E-state index in [4.69, 9.17) is 4.12 Å². The van der Waals surface area contributed by atoms with E-state index in [2.05, 4.69) is 39.9 Å². The highest BCUT2D eigenvalue weighted by Gasteiger charge is 2.27. The van der Waals surface area contributed by atoms with Crippen LogP contribution in [0.2, 0.25) is 18.1 Å². The molecule has 0 fully saturated rings. The number of rotatable bonds is 4. The Kier molecular flexibility index (Phi) is 4.46. The molecular formula is C13H22O2Si2. The molecule has 2 nitrogen and oxygen atoms in total. The molecule has 0 aliphatic rings. The van der Waals surface area contributed by atoms with Gasteiger partial charge in [-0.1, -0.05) is 45.0 Å². The molecule has 0 spiro atoms. The molecule has 0 N–H and O–H groups in total. The van der Waals surface area contributed by atoms with E-state index in [0.29, 0.717) is 5.04 Å². The number of carbonyl (C=O) groups is 1. The number of hydrogen-bond donors (Lipinski definition) is 0. The predicted molar refractivity (Wildman–Crippen MR) is 78.3 cm³/mol. The molecular weight excluding hydrogens is 244 g/mol. The monoisotopic (exact) mass is 266 g/mol. The largest absolute Gasteiger partial charge is 0.457 e. The van der Waals surface area contributed by atoms with Crippen molar-refractivity contribution >= 4 is 29.6 Å². The highest BCUT2D eigenvalue weighted by molar-refractivity contribution is 6.87. The zero-order valence-electron chi connectivity index (χ0n) is 11.4. The molecule has 1 rings (SSSR count). The van der Waals surface area contributed by atoms with Gasteiger partial charge in [-0.15, -0.1) is 0 Å². The van der Waals surface area contributed by atoms with E-state index in [0.717, 1.165) is 11.8 Å². The molecule has 1 aromatic carbocycles. The van der Waals surface area contributed by atoms with E-state index in [-0.39, 0.29) is 0 Å². The van der Waals surface area contributed by atoms with Crippen LogP contribution in [0.4, 0.5) is 0 Å². The first-order chi connectivity index (χ1) is 7.74. The highest BCUT2D eigenvalue weighted by atomic mass is 28.4. The third-order valence-electron chi connectivity index (χ3n) is 2.58. The quantitative estimate of drug-likeness (QED) is 0.617. The molecule has 17 heavy (non-hydrogen) atoms. The molecule has 0 saturated carbocycles. The summed E-state index contributed by atoms with van der Waals surface area (Å²) in [5.41, 5.74) is 0.740. The maximum absolute atomic E-state index is 10.8. The van der Waals surface area contributed by atoms with E-state index < -0.39 is 18.1 Å². The van der Waals surface area contributed by atoms with E-state index in [1.54, 1.807) is 0 Å². The molecule has 0 aliphatic carbocycles. The standard InChI is InChI=1S/C13H22O2Si2/c1-13(2,3)16-15-17(4,5)12-8-6-7-11(9-12)10-14/h6-10H,16H2,1-5H3. The molecule has 0 amide bonds. The third kappa shape index (κ3) is 4.57. The maximum atomic E-state index is 10.8. The van der Waals surface area contributed by atoms with Crippen molar-refractivity contribution in [3.63, 3.8) is 0 Å². The Morgan fingerprint density at radius 2 is 1.94 bits per heavy atom. The lowest BCUT2D eigenvalue weighted by Gasteiger charge is -2.28. The van der Waals surface area contributed by atoms with Gasteiger partial charge in [0, 0.05) is 5.56 Å². The van der Waals surface area contributed by atoms with Crippen LogP contribution in [-0.2, 0) is 4.12 Å². The van der Waals surface area contributed by atoms with E-state index in [1.807, 2.05) is 18.2 Å². The Morgan fingerprint density at radius 1 is 1.29 bits per heavy atom. The lowest BCUT2D eigenvalue weighted by molar-refractivity contribution is 0.112. The number of aldehydes is 1. The molecule has 0 saturated heterocycles. The summed E-state index contributed by atoms with van der Waals surface area (Å²) in [4.78, 5) is 10.8. The topological polar surface area (TPSA) is 26.3 Å². The van der Waals surface area contributed by atoms with Crippen LogP contribution in [0.1, 0.15) is 31.1 Å². The van der Waals surface area contributed by atoms with Crippen LogP contribution in [0.3, 0.4) is 0 Å². The lowest BCUT2D eigenvalue weighted by Crippen LogP contribution is -2.46. The minimum atomic E-state index is -1.83. The Bertz CT molecular complexity index is 395. The van der Waals surface area contributed by atoms with Crippen LogP contribution in [0.15, 0.2) is 24.3 Å². The van der Waals surface area contributed by atoms with Gasteiger partial charge in [-0.3, -0.25) is 4.79 Å². The molecule has 94 valence electrons. The van der Waals surface area contributed by atoms with Crippen molar-refractivity contribution in [2.24, 2.45) is 0 Å². The third-order valence-corrected chi connectivity index (χ3v) is 8.62. The van der Waals surface area contributed by atoms with Crippen LogP contribution in [0.5, 0.6) is 0 Å². The second kappa shape index (κ2) is 5.29. The second-order valence-electron chi connectivity index (χ2n) is 6.10. The number of hydrogen-bond acceptors (Lipinski definition) is 2. The molecule has 0 heterocycles. The van der Waals surface area contributed by atoms with E-state index in [9.17, 15) is 4.79 Å². The van der Waals surface area contributed by atoms with Crippen molar-refractivity contribution in [3.8, 4) is 0 Å². The van der Waals surface area contributed by atoms with Gasteiger partial charge >= 0.3 is 0 Å². The summed E-state index contributed by atoms with van der Waals surface area (Å²) < 4.78 is 6.24. The Morgan fingerprint density at radius 3 is 2.47 bits per heavy atom. The maximum Gasteiger partial charge on any atom is 0.205 e. The minimum absolute atomic E-state index is 0.312. The summed E-state index contributed by atoms with van der Waals surface area (Å²) in [5.74, 6) is 0. The van der Waals surface area contributed by atoms with Crippen molar-refractivity contribution < 1.29 is 8.91 Å². The van der Waals surface area contributed by atoms with Gasteiger partial charge in [-0.2, -0.15) is 0 Å². The van der Waals surface area contributed by atoms with Crippen LogP contribution < -0.4 is 5.19 Å². The van der Waals surface area contributed by atoms with Gasteiger partial charge in [0.1, 0.15) is 6.29 Å². The summed E-state index contributed by atoms with van der Waals surface area (Å²) >= 11 is 0. The molecule has 4 heteroatoms. The van der Waals surface area contributed by atoms with Gasteiger partial charge in [0.25, 0.3) is 0 Å². The SMILES string of the molecule is CC(C)(C)[SiH2]O[Si](C)(C)c1cccc(C=O)c1. The zero-order chi connectivity index (χ0) is 13.1. The molecule has 0 radical (unpaired) electrons. The summed E-state index contributed by atoms with van der Waals surface area (Å²) in [6.45, 7) is 11.1. The first-order valence-electron chi connectivity index (χ1n) is 5.94. The average molecular weight is 266 g/mol. The fourth-order valence-corrected chi connectivity index (χ4v) is 6.32. The van der Waals surface area contributed by atoms with Crippen molar-refractivity contribution in [2.75, 3.05) is 0 Å². The fourth-order valence-electron chi connectivity index (χ4n) is 1.47. The second-order valence-corrected chi connectivity index (χ2v) is 13.3. The van der Waals surface area contributed by atoms with E-state index in [1.165, 1.54) is 5.19 Å². The van der Waals surface area contributed by atoms with Gasteiger partial charge in [0.2, 0.25) is 8.32 Å². The first kappa shape index (κ1) is 14.3. The molecule has 1 aromatic rings. The van der Waals surface area contributed by atoms with Gasteiger partial charge in [-0.05, 0) is 23.3 Å². The molecule has 0 atom stereocenters. The van der Waals surface area contributed by atoms with Crippen LogP contribution in [0.25, 0.3) is 0 Å². The predicted octanol–water partition coefficient (Wildman–Crippen LogP) is 2.23. The molecule has 0 aliphatic heterocycles. The lowest BCUT2D eigenvalue weighted by atomic mass is 10.2. The van der Waals surface area contributed by atoms with Crippen LogP contribution in [0, 0.1) is 0 Å². The number of carbonyl (C=O) groups excluding carboxylic acids is 1. The summed E-state index contributed by atoms with van der Waals surface area (Å²) in [6.07, 6.45) is 0.898. The molecule has 0 unspecified atom stereocenters. The minimum Gasteiger partial charge on any atom is -0.457 e. The normalized spacial score (nSPS) is 13.2. The van der Waals surface area contributed by atoms with Crippen molar-refractivity contribution in [1.82, 2.24) is 0 Å². The molecule has 0 aromatic heterocycles. The van der Waals surface area contributed by atoms with Crippen LogP contribution in [-0.4, -0.2) is 24.4 Å². The van der Waals surface area contributed by atoms with Gasteiger partial charge in [-0.25, -0.2) is 0 Å². The van der Waals surface area contributed by atoms with E-state index >= 15 is 0 Å². The smallest absolute Gasteiger partial charge is 0.205 e. The van der Waals surface area contributed by atoms with Crippen molar-refractivity contribution in [2.45, 2.75) is 38.9 Å². The average Bonchev–Trinajstić information content (AvgIpc) is 2.26. The van der Waals surface area contributed by atoms with Crippen molar-refractivity contribution in [1.29, 1.82) is 0 Å². The van der Waals surface area contributed by atoms with Gasteiger partial charge < -0.3 is 4.12 Å². The van der Waals surface area contributed by atoms with Gasteiger partial charge in [0.15, 0.2) is 9.76 Å². The Balaban J connectivity index is 2.84. The Hall–Kier alpha value is -0.716. The van der Waals surface area contributed by atoms with Crippen molar-refractivity contribution in [3.05, 3.63) is 29.8 Å². The summed E-state index contributed by atoms with van der Waals surface area (Å²) in [7, 11) is -2.38. The zero-order valence-corrected chi connectivity index (χ0v) is 13.8. The fraction of sp³-hybridized carbons (Fsp3) is 0.462. The van der Waals surface area contributed by atoms with Gasteiger partial charge in [0.05, 0.1) is 0 Å². The first-order valence-corrected chi connectivity index (χ1v) is 10.1.